The van der Waals surface area contributed by atoms with Gasteiger partial charge in [0.05, 0.1) is 11.0 Å². The molecule has 0 amide bonds. The number of hydrogen-bond acceptors (Lipinski definition) is 1. The first kappa shape index (κ1) is 17.7. The van der Waals surface area contributed by atoms with Crippen molar-refractivity contribution in [2.75, 3.05) is 0 Å². The summed E-state index contributed by atoms with van der Waals surface area (Å²) in [6.07, 6.45) is 1.88. The van der Waals surface area contributed by atoms with Crippen molar-refractivity contribution in [1.29, 1.82) is 0 Å². The van der Waals surface area contributed by atoms with Gasteiger partial charge in [-0.05, 0) is 51.7 Å². The molecule has 32 heavy (non-hydrogen) atoms. The minimum absolute atomic E-state index is 0.0569. The van der Waals surface area contributed by atoms with Gasteiger partial charge in [-0.1, -0.05) is 80.6 Å². The molecule has 0 atom stereocenters. The highest BCUT2D eigenvalue weighted by atomic mass is 15.1. The predicted octanol–water partition coefficient (Wildman–Crippen LogP) is 7.64. The van der Waals surface area contributed by atoms with E-state index in [9.17, 15) is 0 Å². The third-order valence-electron chi connectivity index (χ3n) is 7.22. The van der Waals surface area contributed by atoms with E-state index in [1.807, 2.05) is 12.3 Å². The molecule has 1 aliphatic rings. The van der Waals surface area contributed by atoms with Crippen LogP contribution in [0.3, 0.4) is 0 Å². The molecule has 6 aromatic rings. The van der Waals surface area contributed by atoms with Crippen molar-refractivity contribution in [2.24, 2.45) is 0 Å². The Morgan fingerprint density at radius 1 is 0.719 bits per heavy atom. The largest absolute Gasteiger partial charge is 0.293 e. The molecule has 0 saturated carbocycles. The SMILES string of the molecule is CC1(C)c2ccccc2-c2c3c1cccc3cc1c3ccccc3n(-c3ccccn3)c21. The van der Waals surface area contributed by atoms with Gasteiger partial charge < -0.3 is 0 Å². The molecular weight excluding hydrogens is 388 g/mol. The second-order valence-electron chi connectivity index (χ2n) is 9.26. The Labute approximate surface area is 186 Å². The van der Waals surface area contributed by atoms with Crippen molar-refractivity contribution in [1.82, 2.24) is 9.55 Å². The van der Waals surface area contributed by atoms with Crippen LogP contribution < -0.4 is 0 Å². The first-order valence-corrected chi connectivity index (χ1v) is 11.2. The molecule has 152 valence electrons. The van der Waals surface area contributed by atoms with Gasteiger partial charge in [0.15, 0.2) is 0 Å². The fourth-order valence-corrected chi connectivity index (χ4v) is 5.80. The van der Waals surface area contributed by atoms with Crippen molar-refractivity contribution in [3.63, 3.8) is 0 Å². The molecule has 0 N–H and O–H groups in total. The molecule has 2 heterocycles. The molecule has 1 aliphatic carbocycles. The van der Waals surface area contributed by atoms with Gasteiger partial charge in [-0.15, -0.1) is 0 Å². The fourth-order valence-electron chi connectivity index (χ4n) is 5.80. The number of hydrogen-bond donors (Lipinski definition) is 0. The minimum Gasteiger partial charge on any atom is -0.293 e. The standard InChI is InChI=1S/C30H22N2/c1-30(2)23-13-5-3-12-21(23)28-27-19(10-9-14-24(27)30)18-22-20-11-4-6-15-25(20)32(29(22)28)26-16-7-8-17-31-26/h3-18H,1-2H3. The summed E-state index contributed by atoms with van der Waals surface area (Å²) in [6, 6.07) is 32.9. The third-order valence-corrected chi connectivity index (χ3v) is 7.22. The Kier molecular flexibility index (Phi) is 3.37. The van der Waals surface area contributed by atoms with Crippen molar-refractivity contribution in [3.05, 3.63) is 108 Å². The topological polar surface area (TPSA) is 17.8 Å². The zero-order chi connectivity index (χ0) is 21.4. The summed E-state index contributed by atoms with van der Waals surface area (Å²) in [4.78, 5) is 4.76. The van der Waals surface area contributed by atoms with E-state index in [2.05, 4.69) is 103 Å². The summed E-state index contributed by atoms with van der Waals surface area (Å²) in [5, 5.41) is 5.21. The van der Waals surface area contributed by atoms with E-state index < -0.39 is 0 Å². The monoisotopic (exact) mass is 410 g/mol. The molecule has 0 unspecified atom stereocenters. The van der Waals surface area contributed by atoms with Crippen LogP contribution in [0.2, 0.25) is 0 Å². The molecular formula is C30H22N2. The molecule has 0 aliphatic heterocycles. The van der Waals surface area contributed by atoms with Crippen LogP contribution in [0, 0.1) is 0 Å². The Morgan fingerprint density at radius 3 is 2.38 bits per heavy atom. The number of benzene rings is 4. The third kappa shape index (κ3) is 2.12. The number of para-hydroxylation sites is 1. The van der Waals surface area contributed by atoms with E-state index in [1.54, 1.807) is 0 Å². The predicted molar refractivity (Wildman–Crippen MR) is 134 cm³/mol. The summed E-state index contributed by atoms with van der Waals surface area (Å²) < 4.78 is 2.35. The first-order chi connectivity index (χ1) is 15.7. The van der Waals surface area contributed by atoms with Crippen molar-refractivity contribution >= 4 is 32.6 Å². The number of rotatable bonds is 1. The van der Waals surface area contributed by atoms with Crippen molar-refractivity contribution < 1.29 is 0 Å². The Balaban J connectivity index is 1.83. The molecule has 0 saturated heterocycles. The van der Waals surface area contributed by atoms with Gasteiger partial charge in [-0.25, -0.2) is 4.98 Å². The molecule has 7 rings (SSSR count). The van der Waals surface area contributed by atoms with Crippen LogP contribution >= 0.6 is 0 Å². The summed E-state index contributed by atoms with van der Waals surface area (Å²) in [5.74, 6) is 0.953. The summed E-state index contributed by atoms with van der Waals surface area (Å²) in [6.45, 7) is 4.70. The highest BCUT2D eigenvalue weighted by Gasteiger charge is 2.35. The highest BCUT2D eigenvalue weighted by Crippen LogP contribution is 2.52. The Bertz CT molecular complexity index is 1690. The smallest absolute Gasteiger partial charge is 0.137 e. The van der Waals surface area contributed by atoms with Crippen LogP contribution in [0.15, 0.2) is 97.2 Å². The maximum atomic E-state index is 4.76. The van der Waals surface area contributed by atoms with Gasteiger partial charge in [0, 0.05) is 27.9 Å². The molecule has 2 nitrogen and oxygen atoms in total. The van der Waals surface area contributed by atoms with Crippen LogP contribution in [0.5, 0.6) is 0 Å². The Hall–Kier alpha value is -3.91. The quantitative estimate of drug-likeness (QED) is 0.272. The van der Waals surface area contributed by atoms with Crippen molar-refractivity contribution in [2.45, 2.75) is 19.3 Å². The summed E-state index contributed by atoms with van der Waals surface area (Å²) in [7, 11) is 0. The van der Waals surface area contributed by atoms with E-state index in [1.165, 1.54) is 54.8 Å². The number of fused-ring (bicyclic) bond motifs is 6. The normalized spacial score (nSPS) is 14.2. The molecule has 2 aromatic heterocycles. The van der Waals surface area contributed by atoms with Gasteiger partial charge in [0.1, 0.15) is 5.82 Å². The summed E-state index contributed by atoms with van der Waals surface area (Å²) >= 11 is 0. The first-order valence-electron chi connectivity index (χ1n) is 11.2. The van der Waals surface area contributed by atoms with Gasteiger partial charge >= 0.3 is 0 Å². The van der Waals surface area contributed by atoms with Crippen LogP contribution in [0.25, 0.3) is 49.5 Å². The summed E-state index contributed by atoms with van der Waals surface area (Å²) in [5.41, 5.74) is 7.80. The number of nitrogens with zero attached hydrogens (tertiary/aromatic N) is 2. The lowest BCUT2D eigenvalue weighted by Gasteiger charge is -2.35. The minimum atomic E-state index is -0.0569. The van der Waals surface area contributed by atoms with Crippen LogP contribution in [0.4, 0.5) is 0 Å². The van der Waals surface area contributed by atoms with E-state index in [0.29, 0.717) is 0 Å². The average Bonchev–Trinajstić information content (AvgIpc) is 3.16. The molecule has 0 spiro atoms. The maximum Gasteiger partial charge on any atom is 0.137 e. The number of pyridine rings is 1. The number of aromatic nitrogens is 2. The van der Waals surface area contributed by atoms with Gasteiger partial charge in [0.25, 0.3) is 0 Å². The molecule has 0 bridgehead atoms. The van der Waals surface area contributed by atoms with Crippen LogP contribution in [-0.4, -0.2) is 9.55 Å². The van der Waals surface area contributed by atoms with Gasteiger partial charge in [-0.2, -0.15) is 0 Å². The van der Waals surface area contributed by atoms with E-state index in [4.69, 9.17) is 4.98 Å². The van der Waals surface area contributed by atoms with Crippen molar-refractivity contribution in [3.8, 4) is 16.9 Å². The maximum absolute atomic E-state index is 4.76. The van der Waals surface area contributed by atoms with Crippen LogP contribution in [-0.2, 0) is 5.41 Å². The van der Waals surface area contributed by atoms with E-state index in [-0.39, 0.29) is 5.41 Å². The van der Waals surface area contributed by atoms with E-state index >= 15 is 0 Å². The highest BCUT2D eigenvalue weighted by molar-refractivity contribution is 6.22. The molecule has 0 fully saturated rings. The van der Waals surface area contributed by atoms with E-state index in [0.717, 1.165) is 5.82 Å². The zero-order valence-corrected chi connectivity index (χ0v) is 18.1. The Morgan fingerprint density at radius 2 is 1.50 bits per heavy atom. The molecule has 2 heteroatoms. The lowest BCUT2D eigenvalue weighted by atomic mass is 9.68. The van der Waals surface area contributed by atoms with Gasteiger partial charge in [-0.3, -0.25) is 4.57 Å². The van der Waals surface area contributed by atoms with Crippen LogP contribution in [0.1, 0.15) is 25.0 Å². The lowest BCUT2D eigenvalue weighted by Crippen LogP contribution is -2.23. The fraction of sp³-hybridized carbons (Fsp3) is 0.100. The molecule has 0 radical (unpaired) electrons. The second kappa shape index (κ2) is 6.08. The molecule has 4 aromatic carbocycles. The second-order valence-corrected chi connectivity index (χ2v) is 9.26. The lowest BCUT2D eigenvalue weighted by molar-refractivity contribution is 0.645. The van der Waals surface area contributed by atoms with Gasteiger partial charge in [0.2, 0.25) is 0 Å². The average molecular weight is 411 g/mol. The zero-order valence-electron chi connectivity index (χ0n) is 18.1.